The van der Waals surface area contributed by atoms with Crippen molar-refractivity contribution in [2.24, 2.45) is 0 Å². The Balaban J connectivity index is 0.0000128. The van der Waals surface area contributed by atoms with Gasteiger partial charge in [0.2, 0.25) is 11.4 Å². The third kappa shape index (κ3) is 25.9. The normalized spacial score (nSPS) is 12.6. The molecule has 0 aliphatic carbocycles. The summed E-state index contributed by atoms with van der Waals surface area (Å²) in [5.41, 5.74) is 22.0. The van der Waals surface area contributed by atoms with Gasteiger partial charge in [-0.1, -0.05) is 244 Å². The Hall–Kier alpha value is -2.25. The minimum atomic E-state index is 0. The van der Waals surface area contributed by atoms with Gasteiger partial charge in [-0.05, 0) is 86.8 Å². The van der Waals surface area contributed by atoms with E-state index in [0.717, 1.165) is 54.6 Å². The molecule has 0 amide bonds. The first kappa shape index (κ1) is 60.8. The van der Waals surface area contributed by atoms with E-state index in [1.165, 1.54) is 221 Å². The minimum Gasteiger partial charge on any atom is -0.493 e. The van der Waals surface area contributed by atoms with Gasteiger partial charge < -0.3 is 20.4 Å². The van der Waals surface area contributed by atoms with E-state index in [9.17, 15) is 5.53 Å². The van der Waals surface area contributed by atoms with Crippen molar-refractivity contribution in [2.75, 3.05) is 0 Å². The largest absolute Gasteiger partial charge is 2.00 e. The van der Waals surface area contributed by atoms with Gasteiger partial charge in [0.15, 0.2) is 0 Å². The maximum absolute atomic E-state index is 12.4. The maximum atomic E-state index is 12.4. The summed E-state index contributed by atoms with van der Waals surface area (Å²) in [4.78, 5) is 0. The second kappa shape index (κ2) is 41.2. The molecule has 0 aromatic heterocycles. The zero-order chi connectivity index (χ0) is 42.7. The van der Waals surface area contributed by atoms with Gasteiger partial charge in [-0.15, -0.1) is 0 Å². The predicted molar refractivity (Wildman–Crippen MR) is 279 cm³/mol. The Kier molecular flexibility index (Phi) is 39.7. The summed E-state index contributed by atoms with van der Waals surface area (Å²) in [6, 6.07) is 18.2. The molecule has 0 fully saturated rings. The summed E-state index contributed by atoms with van der Waals surface area (Å²) in [6.45, 7) is 9.19. The fourth-order valence-corrected chi connectivity index (χ4v) is 9.34. The van der Waals surface area contributed by atoms with Crippen molar-refractivity contribution >= 4 is 11.4 Å². The SMILES string of the molecule is CCCCCCCCCCCCCCCCCCCC=CC1=C(c2cccc(CCCCCCCC)c2)[N+](=[N-])C(c2cccc(CCCCCCCC)c2)=C1CCCCC.[CH3-].[CH3-].[Ni+2]. The first-order valence-electron chi connectivity index (χ1n) is 26.5. The first-order valence-corrected chi connectivity index (χ1v) is 26.5. The van der Waals surface area contributed by atoms with Crippen molar-refractivity contribution in [1.82, 2.24) is 0 Å². The van der Waals surface area contributed by atoms with Gasteiger partial charge in [-0.3, -0.25) is 0 Å². The molecule has 63 heavy (non-hydrogen) atoms. The van der Waals surface area contributed by atoms with E-state index < -0.39 is 0 Å². The van der Waals surface area contributed by atoms with Crippen molar-refractivity contribution in [3.63, 3.8) is 0 Å². The zero-order valence-corrected chi connectivity index (χ0v) is 43.4. The van der Waals surface area contributed by atoms with Crippen molar-refractivity contribution in [3.8, 4) is 0 Å². The van der Waals surface area contributed by atoms with Crippen LogP contribution in [0.5, 0.6) is 0 Å². The van der Waals surface area contributed by atoms with Crippen LogP contribution in [0.15, 0.2) is 71.8 Å². The molecule has 1 aliphatic rings. The molecule has 1 aliphatic heterocycles. The molecule has 2 aromatic carbocycles. The van der Waals surface area contributed by atoms with Crippen LogP contribution in [0.2, 0.25) is 0 Å². The van der Waals surface area contributed by atoms with Gasteiger partial charge in [0, 0.05) is 16.7 Å². The van der Waals surface area contributed by atoms with E-state index in [2.05, 4.69) is 88.4 Å². The van der Waals surface area contributed by atoms with E-state index >= 15 is 0 Å². The maximum Gasteiger partial charge on any atom is 2.00 e. The fraction of sp³-hybridized carbons (Fsp3) is 0.667. The van der Waals surface area contributed by atoms with Gasteiger partial charge in [-0.2, -0.15) is 0 Å². The second-order valence-corrected chi connectivity index (χ2v) is 18.6. The smallest absolute Gasteiger partial charge is 0.493 e. The molecule has 1 heterocycles. The molecule has 0 radical (unpaired) electrons. The topological polar surface area (TPSA) is 25.3 Å². The Bertz CT molecular complexity index is 1500. The van der Waals surface area contributed by atoms with E-state index in [-0.39, 0.29) is 31.3 Å². The molecule has 0 saturated carbocycles. The molecule has 3 rings (SSSR count). The van der Waals surface area contributed by atoms with Crippen LogP contribution in [0, 0.1) is 14.9 Å². The Morgan fingerprint density at radius 2 is 0.746 bits per heavy atom. The van der Waals surface area contributed by atoms with Crippen molar-refractivity contribution in [2.45, 2.75) is 259 Å². The molecule has 0 N–H and O–H groups in total. The summed E-state index contributed by atoms with van der Waals surface area (Å²) in [5.74, 6) is 0. The molecule has 0 unspecified atom stereocenters. The van der Waals surface area contributed by atoms with E-state index in [0.29, 0.717) is 0 Å². The quantitative estimate of drug-likeness (QED) is 0.0276. The number of benzene rings is 2. The van der Waals surface area contributed by atoms with Crippen LogP contribution in [0.25, 0.3) is 16.9 Å². The van der Waals surface area contributed by atoms with Crippen LogP contribution in [0.4, 0.5) is 0 Å². The number of allylic oxidation sites excluding steroid dienone is 4. The second-order valence-electron chi connectivity index (χ2n) is 18.6. The molecular formula is C60H100N2Ni. The third-order valence-electron chi connectivity index (χ3n) is 13.1. The number of rotatable bonds is 39. The first-order chi connectivity index (χ1) is 29.6. The van der Waals surface area contributed by atoms with Crippen molar-refractivity contribution in [3.05, 3.63) is 114 Å². The molecule has 0 spiro atoms. The monoisotopic (exact) mass is 907 g/mol. The van der Waals surface area contributed by atoms with Gasteiger partial charge in [0.25, 0.3) is 0 Å². The zero-order valence-electron chi connectivity index (χ0n) is 42.4. The number of hydrogen-bond donors (Lipinski definition) is 0. The van der Waals surface area contributed by atoms with Gasteiger partial charge in [0.05, 0.1) is 5.57 Å². The standard InChI is InChI=1S/C58H94N2.2CH3.Ni/c1-5-9-13-16-19-20-21-22-23-24-25-26-27-28-29-30-31-34-38-48-56-55(47-35-12-8-4)57(53-45-39-43-51(49-53)41-36-32-17-14-10-6-2)60(59)58(56)54-46-40-44-52(50-54)42-37-33-18-15-11-7-3;;;/h38-40,43-46,48-50H,5-37,41-42,47H2,1-4H3;2*1H3;/q;2*-1;+2. The Morgan fingerprint density at radius 3 is 1.16 bits per heavy atom. The van der Waals surface area contributed by atoms with Gasteiger partial charge >= 0.3 is 16.5 Å². The van der Waals surface area contributed by atoms with Crippen LogP contribution in [-0.4, -0.2) is 4.70 Å². The molecule has 0 bridgehead atoms. The molecule has 3 heteroatoms. The number of nitrogens with zero attached hydrogens (tertiary/aromatic N) is 2. The minimum absolute atomic E-state index is 0. The van der Waals surface area contributed by atoms with E-state index in [1.807, 2.05) is 0 Å². The van der Waals surface area contributed by atoms with Crippen LogP contribution >= 0.6 is 0 Å². The molecule has 0 saturated heterocycles. The van der Waals surface area contributed by atoms with Crippen molar-refractivity contribution < 1.29 is 21.2 Å². The average molecular weight is 908 g/mol. The van der Waals surface area contributed by atoms with Crippen LogP contribution in [-0.2, 0) is 29.3 Å². The Labute approximate surface area is 403 Å². The van der Waals surface area contributed by atoms with Crippen LogP contribution < -0.4 is 0 Å². The molecule has 360 valence electrons. The summed E-state index contributed by atoms with van der Waals surface area (Å²) in [6.07, 6.45) is 52.3. The predicted octanol–water partition coefficient (Wildman–Crippen LogP) is 20.7. The molecule has 0 atom stereocenters. The summed E-state index contributed by atoms with van der Waals surface area (Å²) in [5, 5.41) is 0. The van der Waals surface area contributed by atoms with Crippen molar-refractivity contribution in [1.29, 1.82) is 0 Å². The number of hydrogen-bond acceptors (Lipinski definition) is 0. The summed E-state index contributed by atoms with van der Waals surface area (Å²) >= 11 is 0. The number of unbranched alkanes of at least 4 members (excludes halogenated alkanes) is 29. The van der Waals surface area contributed by atoms with Crippen LogP contribution in [0.3, 0.4) is 0 Å². The summed E-state index contributed by atoms with van der Waals surface area (Å²) in [7, 11) is 0. The number of aryl methyl sites for hydroxylation is 2. The van der Waals surface area contributed by atoms with Gasteiger partial charge in [-0.25, -0.2) is 4.70 Å². The molecule has 2 nitrogen and oxygen atoms in total. The summed E-state index contributed by atoms with van der Waals surface area (Å²) < 4.78 is 1.59. The van der Waals surface area contributed by atoms with E-state index in [4.69, 9.17) is 0 Å². The average Bonchev–Trinajstić information content (AvgIpc) is 3.54. The molecular weight excluding hydrogens is 807 g/mol. The van der Waals surface area contributed by atoms with Crippen LogP contribution in [0.1, 0.15) is 268 Å². The molecule has 2 aromatic rings. The van der Waals surface area contributed by atoms with E-state index in [1.54, 1.807) is 4.70 Å². The Morgan fingerprint density at radius 1 is 0.413 bits per heavy atom. The van der Waals surface area contributed by atoms with Gasteiger partial charge in [0.1, 0.15) is 0 Å². The third-order valence-corrected chi connectivity index (χ3v) is 13.1. The fourth-order valence-electron chi connectivity index (χ4n) is 9.34.